The van der Waals surface area contributed by atoms with Crippen molar-refractivity contribution in [2.24, 2.45) is 5.92 Å². The van der Waals surface area contributed by atoms with E-state index in [1.54, 1.807) is 16.0 Å². The lowest BCUT2D eigenvalue weighted by Gasteiger charge is -2.31. The molecule has 1 atom stereocenters. The molecule has 1 fully saturated rings. The summed E-state index contributed by atoms with van der Waals surface area (Å²) in [7, 11) is 0. The summed E-state index contributed by atoms with van der Waals surface area (Å²) in [6.07, 6.45) is 1.61. The zero-order valence-corrected chi connectivity index (χ0v) is 20.5. The summed E-state index contributed by atoms with van der Waals surface area (Å²) in [5.41, 5.74) is 4.02. The first kappa shape index (κ1) is 23.0. The van der Waals surface area contributed by atoms with E-state index < -0.39 is 0 Å². The fraction of sp³-hybridized carbons (Fsp3) is 0.308. The number of rotatable bonds is 6. The van der Waals surface area contributed by atoms with Crippen molar-refractivity contribution in [1.82, 2.24) is 14.8 Å². The first-order valence-electron chi connectivity index (χ1n) is 11.7. The van der Waals surface area contributed by atoms with Crippen LogP contribution in [-0.2, 0) is 14.3 Å². The highest BCUT2D eigenvalue weighted by atomic mass is 32.1. The Labute approximate surface area is 207 Å². The molecule has 0 spiro atoms. The Morgan fingerprint density at radius 1 is 1.11 bits per heavy atom. The largest absolute Gasteiger partial charge is 0.455 e. The molecule has 1 aliphatic heterocycles. The van der Waals surface area contributed by atoms with E-state index in [0.717, 1.165) is 46.1 Å². The number of aromatic nitrogens is 3. The smallest absolute Gasteiger partial charge is 0.311 e. The van der Waals surface area contributed by atoms with Crippen molar-refractivity contribution >= 4 is 44.2 Å². The second-order valence-electron chi connectivity index (χ2n) is 8.70. The molecule has 5 rings (SSSR count). The van der Waals surface area contributed by atoms with Crippen LogP contribution in [0.15, 0.2) is 54.6 Å². The molecule has 9 heteroatoms. The van der Waals surface area contributed by atoms with Gasteiger partial charge in [-0.25, -0.2) is 9.67 Å². The van der Waals surface area contributed by atoms with E-state index in [1.807, 2.05) is 62.4 Å². The summed E-state index contributed by atoms with van der Waals surface area (Å²) in [6, 6.07) is 17.7. The number of carbonyl (C=O) groups is 2. The summed E-state index contributed by atoms with van der Waals surface area (Å²) in [5, 5.41) is 8.32. The van der Waals surface area contributed by atoms with Gasteiger partial charge in [-0.3, -0.25) is 9.59 Å². The molecule has 3 heterocycles. The van der Waals surface area contributed by atoms with E-state index >= 15 is 0 Å². The van der Waals surface area contributed by atoms with Crippen LogP contribution in [0.1, 0.15) is 24.2 Å². The Kier molecular flexibility index (Phi) is 6.50. The lowest BCUT2D eigenvalue weighted by atomic mass is 9.99. The van der Waals surface area contributed by atoms with Gasteiger partial charge in [0.15, 0.2) is 11.7 Å². The maximum absolute atomic E-state index is 12.8. The second kappa shape index (κ2) is 9.87. The van der Waals surface area contributed by atoms with E-state index in [1.165, 1.54) is 0 Å². The average molecular weight is 490 g/mol. The number of nitrogens with one attached hydrogen (secondary N) is 1. The fourth-order valence-electron chi connectivity index (χ4n) is 4.41. The van der Waals surface area contributed by atoms with Crippen molar-refractivity contribution in [3.8, 4) is 5.69 Å². The maximum atomic E-state index is 12.8. The van der Waals surface area contributed by atoms with Crippen molar-refractivity contribution < 1.29 is 14.3 Å². The van der Waals surface area contributed by atoms with E-state index in [-0.39, 0.29) is 24.4 Å². The number of aryl methyl sites for hydroxylation is 1. The predicted octanol–water partition coefficient (Wildman–Crippen LogP) is 4.50. The van der Waals surface area contributed by atoms with Gasteiger partial charge in [0.1, 0.15) is 0 Å². The Bertz CT molecular complexity index is 1330. The van der Waals surface area contributed by atoms with Crippen LogP contribution >= 0.6 is 11.3 Å². The van der Waals surface area contributed by atoms with E-state index in [4.69, 9.17) is 9.72 Å². The monoisotopic (exact) mass is 489 g/mol. The van der Waals surface area contributed by atoms with Gasteiger partial charge in [0.05, 0.1) is 38.9 Å². The molecule has 1 amide bonds. The number of hydrogen-bond donors (Lipinski definition) is 1. The van der Waals surface area contributed by atoms with E-state index in [2.05, 4.69) is 21.4 Å². The number of hydrogen-bond acceptors (Lipinski definition) is 7. The highest BCUT2D eigenvalue weighted by Crippen LogP contribution is 2.31. The summed E-state index contributed by atoms with van der Waals surface area (Å²) in [6.45, 7) is 4.81. The minimum atomic E-state index is -0.379. The van der Waals surface area contributed by atoms with E-state index in [9.17, 15) is 9.59 Å². The quantitative estimate of drug-likeness (QED) is 0.401. The third-order valence-corrected chi connectivity index (χ3v) is 7.31. The highest BCUT2D eigenvalue weighted by Gasteiger charge is 2.29. The zero-order chi connectivity index (χ0) is 24.4. The van der Waals surface area contributed by atoms with Crippen LogP contribution in [0.25, 0.3) is 15.9 Å². The number of fused-ring (bicyclic) bond motifs is 1. The minimum Gasteiger partial charge on any atom is -0.455 e. The molecule has 0 radical (unpaired) electrons. The number of carbonyl (C=O) groups excluding carboxylic acids is 2. The zero-order valence-electron chi connectivity index (χ0n) is 19.7. The maximum Gasteiger partial charge on any atom is 0.311 e. The number of thiazole rings is 1. The third kappa shape index (κ3) is 4.90. The number of anilines is 2. The molecule has 8 nitrogen and oxygen atoms in total. The number of amides is 1. The molecule has 0 saturated carbocycles. The number of ether oxygens (including phenoxy) is 1. The van der Waals surface area contributed by atoms with Gasteiger partial charge in [-0.05, 0) is 51.0 Å². The molecular formula is C26H27N5O3S. The topological polar surface area (TPSA) is 89.3 Å². The number of para-hydroxylation sites is 2. The lowest BCUT2D eigenvalue weighted by Crippen LogP contribution is -2.40. The highest BCUT2D eigenvalue weighted by molar-refractivity contribution is 7.22. The van der Waals surface area contributed by atoms with Gasteiger partial charge in [0, 0.05) is 13.1 Å². The number of piperidine rings is 1. The molecule has 1 N–H and O–H groups in total. The summed E-state index contributed by atoms with van der Waals surface area (Å²) in [5.74, 6) is -1.01. The Morgan fingerprint density at radius 2 is 1.89 bits per heavy atom. The minimum absolute atomic E-state index is 0.284. The normalized spacial score (nSPS) is 15.8. The lowest BCUT2D eigenvalue weighted by molar-refractivity contribution is -0.151. The molecule has 0 aliphatic carbocycles. The SMILES string of the molecule is Cc1nn(-c2ccccc2)c(C)c1NC(=O)COC(=O)[C@@H]1CCCN(c2nc3ccccc3s2)C1. The molecular weight excluding hydrogens is 462 g/mol. The van der Waals surface area contributed by atoms with Gasteiger partial charge in [-0.2, -0.15) is 5.10 Å². The Balaban J connectivity index is 1.18. The standard InChI is InChI=1S/C26H27N5O3S/c1-17-24(18(2)31(29-17)20-10-4-3-5-11-20)28-23(32)16-34-25(33)19-9-8-14-30(15-19)26-27-21-12-6-7-13-22(21)35-26/h3-7,10-13,19H,8-9,14-16H2,1-2H3,(H,28,32)/t19-/m1/s1. The molecule has 4 aromatic rings. The molecule has 2 aromatic heterocycles. The van der Waals surface area contributed by atoms with Gasteiger partial charge in [-0.15, -0.1) is 0 Å². The molecule has 35 heavy (non-hydrogen) atoms. The second-order valence-corrected chi connectivity index (χ2v) is 9.71. The van der Waals surface area contributed by atoms with Crippen molar-refractivity contribution in [1.29, 1.82) is 0 Å². The summed E-state index contributed by atoms with van der Waals surface area (Å²) in [4.78, 5) is 32.2. The van der Waals surface area contributed by atoms with Crippen LogP contribution in [0.5, 0.6) is 0 Å². The van der Waals surface area contributed by atoms with Gasteiger partial charge < -0.3 is 15.0 Å². The van der Waals surface area contributed by atoms with Crippen LogP contribution in [0.2, 0.25) is 0 Å². The first-order valence-corrected chi connectivity index (χ1v) is 12.5. The number of esters is 1. The molecule has 0 unspecified atom stereocenters. The van der Waals surface area contributed by atoms with Crippen molar-refractivity contribution in [3.05, 3.63) is 66.0 Å². The summed E-state index contributed by atoms with van der Waals surface area (Å²) >= 11 is 1.63. The van der Waals surface area contributed by atoms with Crippen molar-refractivity contribution in [2.45, 2.75) is 26.7 Å². The Morgan fingerprint density at radius 3 is 2.69 bits per heavy atom. The van der Waals surface area contributed by atoms with Crippen molar-refractivity contribution in [3.63, 3.8) is 0 Å². The van der Waals surface area contributed by atoms with Crippen molar-refractivity contribution in [2.75, 3.05) is 29.9 Å². The molecule has 2 aromatic carbocycles. The molecule has 1 aliphatic rings. The van der Waals surface area contributed by atoms with Crippen LogP contribution in [-0.4, -0.2) is 46.3 Å². The number of benzene rings is 2. The third-order valence-electron chi connectivity index (χ3n) is 6.21. The van der Waals surface area contributed by atoms with Crippen LogP contribution < -0.4 is 10.2 Å². The predicted molar refractivity (Wildman–Crippen MR) is 137 cm³/mol. The number of nitrogens with zero attached hydrogens (tertiary/aromatic N) is 4. The Hall–Kier alpha value is -3.72. The van der Waals surface area contributed by atoms with Crippen LogP contribution in [0.3, 0.4) is 0 Å². The van der Waals surface area contributed by atoms with Gasteiger partial charge in [0.2, 0.25) is 0 Å². The van der Waals surface area contributed by atoms with E-state index in [0.29, 0.717) is 17.9 Å². The van der Waals surface area contributed by atoms with Gasteiger partial charge >= 0.3 is 5.97 Å². The average Bonchev–Trinajstić information content (AvgIpc) is 3.44. The van der Waals surface area contributed by atoms with Crippen LogP contribution in [0.4, 0.5) is 10.8 Å². The fourth-order valence-corrected chi connectivity index (χ4v) is 5.41. The molecule has 1 saturated heterocycles. The van der Waals surface area contributed by atoms with Crippen LogP contribution in [0, 0.1) is 19.8 Å². The molecule has 180 valence electrons. The first-order chi connectivity index (χ1) is 17.0. The van der Waals surface area contributed by atoms with Gasteiger partial charge in [0.25, 0.3) is 5.91 Å². The summed E-state index contributed by atoms with van der Waals surface area (Å²) < 4.78 is 8.32. The molecule has 0 bridgehead atoms. The van der Waals surface area contributed by atoms with Gasteiger partial charge in [-0.1, -0.05) is 41.7 Å².